The molecule has 1 unspecified atom stereocenters. The fourth-order valence-electron chi connectivity index (χ4n) is 4.46. The number of hydrogen-bond donors (Lipinski definition) is 2. The van der Waals surface area contributed by atoms with Gasteiger partial charge in [-0.15, -0.1) is 0 Å². The van der Waals surface area contributed by atoms with Crippen molar-refractivity contribution in [3.05, 3.63) is 58.1 Å². The van der Waals surface area contributed by atoms with Crippen LogP contribution in [-0.2, 0) is 6.18 Å². The number of rotatable bonds is 12. The molecule has 2 N–H and O–H groups in total. The molecule has 1 saturated heterocycles. The maximum atomic E-state index is 14.0. The number of aliphatic hydroxyl groups excluding tert-OH is 1. The molecule has 0 aromatic carbocycles. The number of piperidine rings is 1. The predicted molar refractivity (Wildman–Crippen MR) is 167 cm³/mol. The van der Waals surface area contributed by atoms with E-state index in [1.54, 1.807) is 18.9 Å². The summed E-state index contributed by atoms with van der Waals surface area (Å²) in [7, 11) is 0. The van der Waals surface area contributed by atoms with Crippen LogP contribution >= 0.6 is 11.9 Å². The first kappa shape index (κ1) is 34.8. The molecule has 0 saturated carbocycles. The smallest absolute Gasteiger partial charge is 0.392 e. The third kappa shape index (κ3) is 10.1. The van der Waals surface area contributed by atoms with Crippen LogP contribution in [0.25, 0.3) is 5.57 Å². The molecule has 41 heavy (non-hydrogen) atoms. The molecule has 2 heterocycles. The molecule has 0 spiro atoms. The summed E-state index contributed by atoms with van der Waals surface area (Å²) in [6, 6.07) is 0.100. The second-order valence-electron chi connectivity index (χ2n) is 10.7. The predicted octanol–water partition coefficient (Wildman–Crippen LogP) is 8.11. The average molecular weight is 594 g/mol. The van der Waals surface area contributed by atoms with Gasteiger partial charge in [-0.1, -0.05) is 56.0 Å². The van der Waals surface area contributed by atoms with Crippen LogP contribution in [0.3, 0.4) is 0 Å². The molecule has 0 amide bonds. The first-order chi connectivity index (χ1) is 19.4. The number of aliphatic hydroxyl groups is 1. The minimum atomic E-state index is -4.60. The van der Waals surface area contributed by atoms with E-state index in [0.717, 1.165) is 73.0 Å². The van der Waals surface area contributed by atoms with Crippen LogP contribution in [0, 0.1) is 5.92 Å². The SMILES string of the molecule is CC/C(C)=C(/C=C\C(C(=N/C=C(\C)c1nc(NC2CCN(SC)CC2)ncc1C(F)(F)F)C(C)CC)=C(C)C)CO. The zero-order chi connectivity index (χ0) is 30.7. The van der Waals surface area contributed by atoms with E-state index in [2.05, 4.69) is 33.4 Å². The van der Waals surface area contributed by atoms with E-state index in [1.165, 1.54) is 6.20 Å². The Kier molecular flexibility index (Phi) is 13.8. The number of nitrogens with zero attached hydrogens (tertiary/aromatic N) is 4. The molecule has 0 radical (unpaired) electrons. The highest BCUT2D eigenvalue weighted by molar-refractivity contribution is 7.96. The Morgan fingerprint density at radius 3 is 2.37 bits per heavy atom. The Morgan fingerprint density at radius 2 is 1.85 bits per heavy atom. The lowest BCUT2D eigenvalue weighted by molar-refractivity contribution is -0.138. The van der Waals surface area contributed by atoms with E-state index in [1.807, 2.05) is 46.1 Å². The van der Waals surface area contributed by atoms with Crippen molar-refractivity contribution in [1.29, 1.82) is 0 Å². The Bertz CT molecular complexity index is 1170. The van der Waals surface area contributed by atoms with Crippen LogP contribution in [0.5, 0.6) is 0 Å². The molecular weight excluding hydrogens is 547 g/mol. The van der Waals surface area contributed by atoms with E-state index >= 15 is 0 Å². The molecule has 228 valence electrons. The van der Waals surface area contributed by atoms with Crippen molar-refractivity contribution in [1.82, 2.24) is 14.3 Å². The number of anilines is 1. The number of nitrogens with one attached hydrogen (secondary N) is 1. The molecule has 6 nitrogen and oxygen atoms in total. The Balaban J connectivity index is 2.52. The zero-order valence-corrected chi connectivity index (χ0v) is 26.5. The number of hydrogen-bond acceptors (Lipinski definition) is 7. The fraction of sp³-hybridized carbons (Fsp3) is 0.581. The fourth-order valence-corrected chi connectivity index (χ4v) is 5.03. The second-order valence-corrected chi connectivity index (χ2v) is 11.6. The maximum absolute atomic E-state index is 14.0. The third-order valence-electron chi connectivity index (χ3n) is 7.50. The molecule has 1 aliphatic rings. The van der Waals surface area contributed by atoms with E-state index < -0.39 is 11.7 Å². The Labute approximate surface area is 248 Å². The van der Waals surface area contributed by atoms with Crippen molar-refractivity contribution in [3.8, 4) is 0 Å². The van der Waals surface area contributed by atoms with Crippen LogP contribution < -0.4 is 5.32 Å². The Morgan fingerprint density at radius 1 is 1.20 bits per heavy atom. The zero-order valence-electron chi connectivity index (χ0n) is 25.7. The van der Waals surface area contributed by atoms with E-state index in [0.29, 0.717) is 5.57 Å². The summed E-state index contributed by atoms with van der Waals surface area (Å²) in [6.07, 6.45) is 6.99. The minimum Gasteiger partial charge on any atom is -0.392 e. The molecule has 1 fully saturated rings. The highest BCUT2D eigenvalue weighted by atomic mass is 32.2. The highest BCUT2D eigenvalue weighted by Gasteiger charge is 2.35. The first-order valence-electron chi connectivity index (χ1n) is 14.3. The van der Waals surface area contributed by atoms with Crippen molar-refractivity contribution in [2.75, 3.05) is 31.3 Å². The monoisotopic (exact) mass is 593 g/mol. The van der Waals surface area contributed by atoms with Gasteiger partial charge in [-0.05, 0) is 82.3 Å². The van der Waals surface area contributed by atoms with Gasteiger partial charge in [0.05, 0.1) is 23.6 Å². The molecule has 1 atom stereocenters. The average Bonchev–Trinajstić information content (AvgIpc) is 2.95. The molecule has 0 bridgehead atoms. The van der Waals surface area contributed by atoms with Crippen molar-refractivity contribution >= 4 is 29.2 Å². The molecule has 0 aliphatic carbocycles. The van der Waals surface area contributed by atoms with Gasteiger partial charge >= 0.3 is 6.18 Å². The van der Waals surface area contributed by atoms with Crippen LogP contribution in [-0.4, -0.2) is 57.1 Å². The van der Waals surface area contributed by atoms with Gasteiger partial charge < -0.3 is 10.4 Å². The van der Waals surface area contributed by atoms with Gasteiger partial charge in [0.1, 0.15) is 0 Å². The summed E-state index contributed by atoms with van der Waals surface area (Å²) >= 11 is 1.70. The van der Waals surface area contributed by atoms with Gasteiger partial charge in [-0.3, -0.25) is 9.30 Å². The largest absolute Gasteiger partial charge is 0.419 e. The number of allylic oxidation sites excluding steroid dienone is 5. The van der Waals surface area contributed by atoms with Crippen LogP contribution in [0.2, 0.25) is 0 Å². The summed E-state index contributed by atoms with van der Waals surface area (Å²) in [5, 5.41) is 13.1. The number of alkyl halides is 3. The molecule has 2 rings (SSSR count). The summed E-state index contributed by atoms with van der Waals surface area (Å²) in [5.41, 5.74) is 3.87. The normalized spacial score (nSPS) is 17.6. The quantitative estimate of drug-likeness (QED) is 0.145. The Hall–Kier alpha value is -2.43. The van der Waals surface area contributed by atoms with E-state index in [-0.39, 0.29) is 30.2 Å². The van der Waals surface area contributed by atoms with Gasteiger partial charge in [0, 0.05) is 31.5 Å². The first-order valence-corrected chi connectivity index (χ1v) is 15.4. The van der Waals surface area contributed by atoms with E-state index in [4.69, 9.17) is 4.99 Å². The van der Waals surface area contributed by atoms with Crippen molar-refractivity contribution in [2.24, 2.45) is 10.9 Å². The molecule has 1 aromatic heterocycles. The number of halogens is 3. The van der Waals surface area contributed by atoms with Gasteiger partial charge in [0.15, 0.2) is 0 Å². The molecule has 1 aliphatic heterocycles. The maximum Gasteiger partial charge on any atom is 0.419 e. The lowest BCUT2D eigenvalue weighted by Crippen LogP contribution is -2.35. The van der Waals surface area contributed by atoms with Crippen molar-refractivity contribution in [2.45, 2.75) is 86.4 Å². The highest BCUT2D eigenvalue weighted by Crippen LogP contribution is 2.34. The second kappa shape index (κ2) is 16.3. The lowest BCUT2D eigenvalue weighted by Gasteiger charge is -2.30. The van der Waals surface area contributed by atoms with Crippen molar-refractivity contribution in [3.63, 3.8) is 0 Å². The van der Waals surface area contributed by atoms with Crippen LogP contribution in [0.15, 0.2) is 51.8 Å². The molecular formula is C31H46F3N5OS. The lowest BCUT2D eigenvalue weighted by atomic mass is 9.92. The summed E-state index contributed by atoms with van der Waals surface area (Å²) in [5.74, 6) is 0.247. The van der Waals surface area contributed by atoms with Crippen LogP contribution in [0.4, 0.5) is 19.1 Å². The number of aromatic nitrogens is 2. The van der Waals surface area contributed by atoms with Gasteiger partial charge in [0.25, 0.3) is 0 Å². The van der Waals surface area contributed by atoms with E-state index in [9.17, 15) is 18.3 Å². The van der Waals surface area contributed by atoms with Crippen molar-refractivity contribution < 1.29 is 18.3 Å². The van der Waals surface area contributed by atoms with Gasteiger partial charge in [-0.2, -0.15) is 13.2 Å². The van der Waals surface area contributed by atoms with Gasteiger partial charge in [0.2, 0.25) is 5.95 Å². The standard InChI is InChI=1S/C31H46F3N5OS/c1-9-21(5)24(19-40)11-12-26(20(3)4)28(22(6)10-2)35-17-23(7)29-27(31(32,33)34)18-36-30(38-29)37-25-13-15-39(41-8)16-14-25/h11-12,17-18,22,25,40H,9-10,13-16,19H2,1-8H3,(H,36,37,38)/b12-11-,23-17+,24-21-,35-28?. The summed E-state index contributed by atoms with van der Waals surface area (Å²) in [4.78, 5) is 13.1. The third-order valence-corrected chi connectivity index (χ3v) is 8.39. The number of aliphatic imine (C=N–C) groups is 1. The van der Waals surface area contributed by atoms with Crippen LogP contribution in [0.1, 0.15) is 85.4 Å². The minimum absolute atomic E-state index is 0.0549. The molecule has 1 aromatic rings. The van der Waals surface area contributed by atoms with Gasteiger partial charge in [-0.25, -0.2) is 9.97 Å². The molecule has 10 heteroatoms. The summed E-state index contributed by atoms with van der Waals surface area (Å²) < 4.78 is 44.2. The topological polar surface area (TPSA) is 73.6 Å². The summed E-state index contributed by atoms with van der Waals surface area (Å²) in [6.45, 7) is 15.4.